The van der Waals surface area contributed by atoms with Gasteiger partial charge in [-0.2, -0.15) is 5.10 Å². The van der Waals surface area contributed by atoms with Crippen molar-refractivity contribution in [3.63, 3.8) is 0 Å². The fourth-order valence-electron chi connectivity index (χ4n) is 2.84. The molecule has 1 saturated heterocycles. The summed E-state index contributed by atoms with van der Waals surface area (Å²) in [7, 11) is 0. The number of likely N-dealkylation sites (tertiary alicyclic amines) is 1. The van der Waals surface area contributed by atoms with Crippen LogP contribution in [0, 0.1) is 0 Å². The van der Waals surface area contributed by atoms with Crippen LogP contribution >= 0.6 is 0 Å². The summed E-state index contributed by atoms with van der Waals surface area (Å²) < 4.78 is 5.27. The molecule has 0 radical (unpaired) electrons. The van der Waals surface area contributed by atoms with Gasteiger partial charge in [0.1, 0.15) is 5.69 Å². The normalized spacial score (nSPS) is 19.0. The Kier molecular flexibility index (Phi) is 4.06. The van der Waals surface area contributed by atoms with Crippen LogP contribution in [0.4, 0.5) is 0 Å². The number of nitrogens with one attached hydrogen (secondary N) is 2. The van der Waals surface area contributed by atoms with Gasteiger partial charge in [-0.25, -0.2) is 0 Å². The summed E-state index contributed by atoms with van der Waals surface area (Å²) in [6.45, 7) is 4.99. The Morgan fingerprint density at radius 1 is 1.62 bits per heavy atom. The Labute approximate surface area is 123 Å². The minimum absolute atomic E-state index is 0.146. The number of aromatic amines is 1. The summed E-state index contributed by atoms with van der Waals surface area (Å²) in [5, 5.41) is 9.84. The lowest BCUT2D eigenvalue weighted by Crippen LogP contribution is -2.40. The molecule has 2 aromatic heterocycles. The largest absolute Gasteiger partial charge is 0.463 e. The lowest BCUT2D eigenvalue weighted by Gasteiger charge is -2.22. The Morgan fingerprint density at radius 2 is 2.52 bits per heavy atom. The van der Waals surface area contributed by atoms with Gasteiger partial charge in [0.25, 0.3) is 5.91 Å². The maximum absolute atomic E-state index is 12.1. The van der Waals surface area contributed by atoms with Gasteiger partial charge < -0.3 is 9.73 Å². The van der Waals surface area contributed by atoms with E-state index in [1.54, 1.807) is 18.4 Å². The van der Waals surface area contributed by atoms with E-state index in [2.05, 4.69) is 27.3 Å². The number of hydrogen-bond acceptors (Lipinski definition) is 4. The van der Waals surface area contributed by atoms with Crippen molar-refractivity contribution < 1.29 is 9.21 Å². The Bertz CT molecular complexity index is 591. The molecule has 1 aliphatic heterocycles. The second-order valence-electron chi connectivity index (χ2n) is 5.28. The van der Waals surface area contributed by atoms with Gasteiger partial charge in [0.05, 0.1) is 6.26 Å². The van der Waals surface area contributed by atoms with E-state index in [0.29, 0.717) is 29.7 Å². The summed E-state index contributed by atoms with van der Waals surface area (Å²) in [5.74, 6) is 0.529. The average Bonchev–Trinajstić information content (AvgIpc) is 3.24. The molecule has 1 fully saturated rings. The van der Waals surface area contributed by atoms with Crippen molar-refractivity contribution >= 4 is 5.91 Å². The number of rotatable bonds is 5. The Balaban J connectivity index is 1.58. The maximum Gasteiger partial charge on any atom is 0.271 e. The standard InChI is InChI=1S/C15H20N4O2/c1-2-19-7-3-5-11(19)10-16-15(20)13-9-12(17-18-13)14-6-4-8-21-14/h4,6,8-9,11H,2-3,5,7,10H2,1H3,(H,16,20)(H,17,18)/t11-/m0/s1. The van der Waals surface area contributed by atoms with Gasteiger partial charge >= 0.3 is 0 Å². The molecule has 0 aromatic carbocycles. The van der Waals surface area contributed by atoms with Crippen LogP contribution in [0.15, 0.2) is 28.9 Å². The van der Waals surface area contributed by atoms with Gasteiger partial charge in [-0.15, -0.1) is 0 Å². The van der Waals surface area contributed by atoms with E-state index in [4.69, 9.17) is 4.42 Å². The number of aromatic nitrogens is 2. The number of hydrogen-bond donors (Lipinski definition) is 2. The van der Waals surface area contributed by atoms with Crippen LogP contribution < -0.4 is 5.32 Å². The van der Waals surface area contributed by atoms with E-state index in [1.165, 1.54) is 6.42 Å². The molecule has 0 spiro atoms. The predicted octanol–water partition coefficient (Wildman–Crippen LogP) is 1.88. The van der Waals surface area contributed by atoms with Crippen LogP contribution in [-0.2, 0) is 0 Å². The van der Waals surface area contributed by atoms with Crippen molar-refractivity contribution in [1.29, 1.82) is 0 Å². The van der Waals surface area contributed by atoms with E-state index >= 15 is 0 Å². The molecule has 0 unspecified atom stereocenters. The quantitative estimate of drug-likeness (QED) is 0.881. The number of furan rings is 1. The van der Waals surface area contributed by atoms with Gasteiger partial charge in [-0.05, 0) is 38.1 Å². The second-order valence-corrected chi connectivity index (χ2v) is 5.28. The minimum atomic E-state index is -0.146. The first-order chi connectivity index (χ1) is 10.3. The second kappa shape index (κ2) is 6.13. The molecular weight excluding hydrogens is 268 g/mol. The van der Waals surface area contributed by atoms with Crippen LogP contribution in [0.1, 0.15) is 30.3 Å². The molecule has 3 rings (SSSR count). The van der Waals surface area contributed by atoms with Gasteiger partial charge in [0, 0.05) is 18.7 Å². The molecule has 0 aliphatic carbocycles. The van der Waals surface area contributed by atoms with E-state index < -0.39 is 0 Å². The molecule has 0 bridgehead atoms. The van der Waals surface area contributed by atoms with Crippen molar-refractivity contribution in [2.45, 2.75) is 25.8 Å². The lowest BCUT2D eigenvalue weighted by molar-refractivity contribution is 0.0936. The highest BCUT2D eigenvalue weighted by Crippen LogP contribution is 2.18. The number of carbonyl (C=O) groups excluding carboxylic acids is 1. The Morgan fingerprint density at radius 3 is 3.29 bits per heavy atom. The van der Waals surface area contributed by atoms with Crippen LogP contribution in [0.2, 0.25) is 0 Å². The molecule has 6 nitrogen and oxygen atoms in total. The van der Waals surface area contributed by atoms with Crippen molar-refractivity contribution in [1.82, 2.24) is 20.4 Å². The van der Waals surface area contributed by atoms with Gasteiger partial charge in [0.15, 0.2) is 11.5 Å². The van der Waals surface area contributed by atoms with Gasteiger partial charge in [-0.1, -0.05) is 6.92 Å². The zero-order chi connectivity index (χ0) is 14.7. The summed E-state index contributed by atoms with van der Waals surface area (Å²) >= 11 is 0. The van der Waals surface area contributed by atoms with E-state index in [9.17, 15) is 4.79 Å². The Hall–Kier alpha value is -2.08. The third kappa shape index (κ3) is 3.00. The fourth-order valence-corrected chi connectivity index (χ4v) is 2.84. The van der Waals surface area contributed by atoms with Gasteiger partial charge in [0.2, 0.25) is 0 Å². The smallest absolute Gasteiger partial charge is 0.271 e. The molecule has 2 aromatic rings. The number of carbonyl (C=O) groups is 1. The van der Waals surface area contributed by atoms with E-state index in [-0.39, 0.29) is 5.91 Å². The van der Waals surface area contributed by atoms with Crippen molar-refractivity contribution in [2.75, 3.05) is 19.6 Å². The molecule has 1 aliphatic rings. The van der Waals surface area contributed by atoms with Crippen molar-refractivity contribution in [3.05, 3.63) is 30.2 Å². The molecule has 0 saturated carbocycles. The summed E-state index contributed by atoms with van der Waals surface area (Å²) in [4.78, 5) is 14.5. The number of likely N-dealkylation sites (N-methyl/N-ethyl adjacent to an activating group) is 1. The first kappa shape index (κ1) is 13.9. The first-order valence-electron chi connectivity index (χ1n) is 7.39. The summed E-state index contributed by atoms with van der Waals surface area (Å²) in [5.41, 5.74) is 1.10. The molecule has 112 valence electrons. The summed E-state index contributed by atoms with van der Waals surface area (Å²) in [6, 6.07) is 5.78. The van der Waals surface area contributed by atoms with E-state index in [1.807, 2.05) is 6.07 Å². The van der Waals surface area contributed by atoms with Crippen LogP contribution in [-0.4, -0.2) is 46.7 Å². The lowest BCUT2D eigenvalue weighted by atomic mass is 10.2. The van der Waals surface area contributed by atoms with Crippen LogP contribution in [0.3, 0.4) is 0 Å². The third-order valence-corrected chi connectivity index (χ3v) is 4.00. The molecule has 21 heavy (non-hydrogen) atoms. The predicted molar refractivity (Wildman–Crippen MR) is 78.9 cm³/mol. The van der Waals surface area contributed by atoms with Crippen LogP contribution in [0.5, 0.6) is 0 Å². The van der Waals surface area contributed by atoms with Crippen molar-refractivity contribution in [2.24, 2.45) is 0 Å². The number of nitrogens with zero attached hydrogens (tertiary/aromatic N) is 2. The number of H-pyrrole nitrogens is 1. The average molecular weight is 288 g/mol. The van der Waals surface area contributed by atoms with Gasteiger partial charge in [-0.3, -0.25) is 14.8 Å². The molecule has 1 atom stereocenters. The zero-order valence-electron chi connectivity index (χ0n) is 12.1. The fraction of sp³-hybridized carbons (Fsp3) is 0.467. The SMILES string of the molecule is CCN1CCC[C@H]1CNC(=O)c1cc(-c2ccco2)[nH]n1. The summed E-state index contributed by atoms with van der Waals surface area (Å²) in [6.07, 6.45) is 3.95. The van der Waals surface area contributed by atoms with Crippen LogP contribution in [0.25, 0.3) is 11.5 Å². The monoisotopic (exact) mass is 288 g/mol. The highest BCUT2D eigenvalue weighted by atomic mass is 16.3. The molecular formula is C15H20N4O2. The van der Waals surface area contributed by atoms with Crippen molar-refractivity contribution in [3.8, 4) is 11.5 Å². The molecule has 1 amide bonds. The molecule has 2 N–H and O–H groups in total. The maximum atomic E-state index is 12.1. The third-order valence-electron chi connectivity index (χ3n) is 4.00. The zero-order valence-corrected chi connectivity index (χ0v) is 12.1. The topological polar surface area (TPSA) is 74.2 Å². The first-order valence-corrected chi connectivity index (χ1v) is 7.39. The van der Waals surface area contributed by atoms with E-state index in [0.717, 1.165) is 19.5 Å². The minimum Gasteiger partial charge on any atom is -0.463 e. The number of amides is 1. The highest BCUT2D eigenvalue weighted by Gasteiger charge is 2.23. The molecule has 3 heterocycles. The molecule has 6 heteroatoms. The highest BCUT2D eigenvalue weighted by molar-refractivity contribution is 5.93.